The Hall–Kier alpha value is -0.990. The highest BCUT2D eigenvalue weighted by molar-refractivity contribution is 5.86. The van der Waals surface area contributed by atoms with Gasteiger partial charge in [0, 0.05) is 19.2 Å². The second-order valence-electron chi connectivity index (χ2n) is 5.20. The van der Waals surface area contributed by atoms with Crippen molar-refractivity contribution < 1.29 is 9.53 Å². The average molecular weight is 221 g/mol. The van der Waals surface area contributed by atoms with E-state index >= 15 is 0 Å². The molecule has 3 heteroatoms. The van der Waals surface area contributed by atoms with Gasteiger partial charge >= 0.3 is 5.97 Å². The van der Waals surface area contributed by atoms with Gasteiger partial charge in [0.25, 0.3) is 0 Å². The maximum absolute atomic E-state index is 11.6. The summed E-state index contributed by atoms with van der Waals surface area (Å²) in [5.41, 5.74) is 0.953. The zero-order valence-electron chi connectivity index (χ0n) is 9.71. The van der Waals surface area contributed by atoms with Crippen LogP contribution in [0.4, 0.5) is 0 Å². The maximum Gasteiger partial charge on any atom is 0.333 e. The van der Waals surface area contributed by atoms with E-state index in [-0.39, 0.29) is 11.6 Å². The Morgan fingerprint density at radius 1 is 1.06 bits per heavy atom. The predicted molar refractivity (Wildman–Crippen MR) is 60.8 cm³/mol. The largest absolute Gasteiger partial charge is 0.449 e. The molecule has 3 nitrogen and oxygen atoms in total. The molecule has 2 aliphatic heterocycles. The standard InChI is InChI=1S/C13H19NO2/c15-12-10-11(14-8-4-5-9-14)13(16-12)6-2-1-3-7-13/h10H,1-9H2. The maximum atomic E-state index is 11.6. The van der Waals surface area contributed by atoms with Gasteiger partial charge in [-0.05, 0) is 38.5 Å². The molecule has 0 aromatic heterocycles. The van der Waals surface area contributed by atoms with Gasteiger partial charge in [0.05, 0.1) is 5.70 Å². The van der Waals surface area contributed by atoms with Gasteiger partial charge in [0.2, 0.25) is 0 Å². The molecule has 0 bridgehead atoms. The van der Waals surface area contributed by atoms with Crippen LogP contribution in [-0.2, 0) is 9.53 Å². The molecule has 3 aliphatic rings. The van der Waals surface area contributed by atoms with Crippen molar-refractivity contribution in [3.8, 4) is 0 Å². The van der Waals surface area contributed by atoms with Crippen LogP contribution in [0.3, 0.4) is 0 Å². The van der Waals surface area contributed by atoms with Gasteiger partial charge in [-0.1, -0.05) is 6.42 Å². The Balaban J connectivity index is 1.87. The van der Waals surface area contributed by atoms with Gasteiger partial charge in [-0.15, -0.1) is 0 Å². The van der Waals surface area contributed by atoms with Crippen LogP contribution in [0.5, 0.6) is 0 Å². The van der Waals surface area contributed by atoms with Crippen LogP contribution in [0.25, 0.3) is 0 Å². The van der Waals surface area contributed by atoms with E-state index < -0.39 is 0 Å². The van der Waals surface area contributed by atoms with Crippen LogP contribution >= 0.6 is 0 Å². The number of hydrogen-bond acceptors (Lipinski definition) is 3. The van der Waals surface area contributed by atoms with E-state index in [1.54, 1.807) is 6.08 Å². The highest BCUT2D eigenvalue weighted by Gasteiger charge is 2.46. The Morgan fingerprint density at radius 2 is 1.75 bits per heavy atom. The minimum Gasteiger partial charge on any atom is -0.449 e. The minimum atomic E-state index is -0.236. The Kier molecular flexibility index (Phi) is 2.41. The molecule has 0 atom stereocenters. The first-order chi connectivity index (χ1) is 7.80. The van der Waals surface area contributed by atoms with E-state index in [4.69, 9.17) is 4.74 Å². The van der Waals surface area contributed by atoms with Crippen molar-refractivity contribution in [3.05, 3.63) is 11.8 Å². The first kappa shape index (κ1) is 10.2. The lowest BCUT2D eigenvalue weighted by Crippen LogP contribution is -2.40. The number of esters is 1. The van der Waals surface area contributed by atoms with Gasteiger partial charge in [-0.3, -0.25) is 0 Å². The van der Waals surface area contributed by atoms with Gasteiger partial charge in [0.15, 0.2) is 5.60 Å². The molecule has 0 N–H and O–H groups in total. The number of ether oxygens (including phenoxy) is 1. The van der Waals surface area contributed by atoms with Gasteiger partial charge < -0.3 is 9.64 Å². The second kappa shape index (κ2) is 3.79. The molecule has 88 valence electrons. The van der Waals surface area contributed by atoms with Crippen LogP contribution in [0.15, 0.2) is 11.8 Å². The topological polar surface area (TPSA) is 29.5 Å². The molecule has 2 heterocycles. The van der Waals surface area contributed by atoms with Crippen molar-refractivity contribution in [2.75, 3.05) is 13.1 Å². The molecule has 3 rings (SSSR count). The number of carbonyl (C=O) groups is 1. The summed E-state index contributed by atoms with van der Waals surface area (Å²) in [5, 5.41) is 0. The van der Waals surface area contributed by atoms with Gasteiger partial charge in [-0.25, -0.2) is 4.79 Å². The summed E-state index contributed by atoms with van der Waals surface area (Å²) in [4.78, 5) is 13.9. The number of carbonyl (C=O) groups excluding carboxylic acids is 1. The molecule has 0 aromatic rings. The van der Waals surface area contributed by atoms with Crippen LogP contribution in [0.2, 0.25) is 0 Å². The highest BCUT2D eigenvalue weighted by Crippen LogP contribution is 2.43. The Morgan fingerprint density at radius 3 is 2.44 bits per heavy atom. The fourth-order valence-electron chi connectivity index (χ4n) is 3.34. The zero-order valence-corrected chi connectivity index (χ0v) is 9.71. The molecular formula is C13H19NO2. The Bertz CT molecular complexity index is 323. The van der Waals surface area contributed by atoms with E-state index in [1.807, 2.05) is 0 Å². The van der Waals surface area contributed by atoms with Crippen LogP contribution < -0.4 is 0 Å². The third-order valence-electron chi connectivity index (χ3n) is 4.13. The number of hydrogen-bond donors (Lipinski definition) is 0. The van der Waals surface area contributed by atoms with Gasteiger partial charge in [0.1, 0.15) is 0 Å². The fraction of sp³-hybridized carbons (Fsp3) is 0.769. The Labute approximate surface area is 96.4 Å². The number of nitrogens with zero attached hydrogens (tertiary/aromatic N) is 1. The fourth-order valence-corrected chi connectivity index (χ4v) is 3.34. The highest BCUT2D eigenvalue weighted by atomic mass is 16.6. The summed E-state index contributed by atoms with van der Waals surface area (Å²) in [6.07, 6.45) is 9.98. The smallest absolute Gasteiger partial charge is 0.333 e. The molecule has 0 radical (unpaired) electrons. The third kappa shape index (κ3) is 1.53. The summed E-state index contributed by atoms with van der Waals surface area (Å²) < 4.78 is 5.64. The minimum absolute atomic E-state index is 0.121. The van der Waals surface area contributed by atoms with E-state index in [0.29, 0.717) is 0 Å². The molecule has 0 aromatic carbocycles. The molecule has 1 spiro atoms. The summed E-state index contributed by atoms with van der Waals surface area (Å²) in [6, 6.07) is 0. The van der Waals surface area contributed by atoms with Crippen LogP contribution in [-0.4, -0.2) is 29.6 Å². The van der Waals surface area contributed by atoms with E-state index in [1.165, 1.54) is 37.8 Å². The van der Waals surface area contributed by atoms with Crippen LogP contribution in [0.1, 0.15) is 44.9 Å². The molecule has 1 saturated heterocycles. The quantitative estimate of drug-likeness (QED) is 0.636. The second-order valence-corrected chi connectivity index (χ2v) is 5.20. The molecule has 1 saturated carbocycles. The molecular weight excluding hydrogens is 202 g/mol. The average Bonchev–Trinajstić information content (AvgIpc) is 2.88. The predicted octanol–water partition coefficient (Wildman–Crippen LogP) is 2.23. The molecule has 1 aliphatic carbocycles. The molecule has 0 amide bonds. The first-order valence-corrected chi connectivity index (χ1v) is 6.50. The summed E-state index contributed by atoms with van der Waals surface area (Å²) in [7, 11) is 0. The molecule has 2 fully saturated rings. The van der Waals surface area contributed by atoms with E-state index in [0.717, 1.165) is 25.9 Å². The van der Waals surface area contributed by atoms with Crippen molar-refractivity contribution in [2.24, 2.45) is 0 Å². The number of rotatable bonds is 1. The van der Waals surface area contributed by atoms with E-state index in [2.05, 4.69) is 4.90 Å². The summed E-state index contributed by atoms with van der Waals surface area (Å²) in [6.45, 7) is 2.20. The normalized spacial score (nSPS) is 28.4. The molecule has 0 unspecified atom stereocenters. The SMILES string of the molecule is O=C1C=C(N2CCCC2)C2(CCCCC2)O1. The monoisotopic (exact) mass is 221 g/mol. The zero-order chi connectivity index (χ0) is 11.0. The molecule has 16 heavy (non-hydrogen) atoms. The summed E-state index contributed by atoms with van der Waals surface area (Å²) >= 11 is 0. The lowest BCUT2D eigenvalue weighted by molar-refractivity contribution is -0.149. The van der Waals surface area contributed by atoms with Gasteiger partial charge in [-0.2, -0.15) is 0 Å². The summed E-state index contributed by atoms with van der Waals surface area (Å²) in [5.74, 6) is -0.121. The lowest BCUT2D eigenvalue weighted by atomic mass is 9.82. The van der Waals surface area contributed by atoms with Crippen molar-refractivity contribution in [3.63, 3.8) is 0 Å². The first-order valence-electron chi connectivity index (χ1n) is 6.50. The third-order valence-corrected chi connectivity index (χ3v) is 4.13. The van der Waals surface area contributed by atoms with Crippen LogP contribution in [0, 0.1) is 0 Å². The van der Waals surface area contributed by atoms with Crippen molar-refractivity contribution >= 4 is 5.97 Å². The van der Waals surface area contributed by atoms with Crippen molar-refractivity contribution in [1.29, 1.82) is 0 Å². The van der Waals surface area contributed by atoms with Crippen molar-refractivity contribution in [1.82, 2.24) is 4.90 Å². The van der Waals surface area contributed by atoms with Crippen molar-refractivity contribution in [2.45, 2.75) is 50.5 Å². The van der Waals surface area contributed by atoms with E-state index in [9.17, 15) is 4.79 Å². The number of likely N-dealkylation sites (tertiary alicyclic amines) is 1. The lowest BCUT2D eigenvalue weighted by Gasteiger charge is -2.38.